The van der Waals surface area contributed by atoms with Gasteiger partial charge in [-0.2, -0.15) is 0 Å². The Bertz CT molecular complexity index is 745. The van der Waals surface area contributed by atoms with E-state index < -0.39 is 0 Å². The van der Waals surface area contributed by atoms with Crippen molar-refractivity contribution in [3.8, 4) is 11.5 Å². The van der Waals surface area contributed by atoms with Crippen LogP contribution in [0.15, 0.2) is 24.5 Å². The molecule has 2 aliphatic heterocycles. The number of ether oxygens (including phenoxy) is 2. The van der Waals surface area contributed by atoms with Gasteiger partial charge in [0.25, 0.3) is 0 Å². The van der Waals surface area contributed by atoms with Crippen LogP contribution in [0.5, 0.6) is 11.5 Å². The summed E-state index contributed by atoms with van der Waals surface area (Å²) in [5, 5.41) is 7.61. The molecule has 28 heavy (non-hydrogen) atoms. The molecule has 0 saturated carbocycles. The van der Waals surface area contributed by atoms with E-state index in [-0.39, 0.29) is 0 Å². The number of pyridine rings is 2. The van der Waals surface area contributed by atoms with Gasteiger partial charge < -0.3 is 20.1 Å². The Hall–Kier alpha value is -1.60. The highest BCUT2D eigenvalue weighted by Crippen LogP contribution is 2.25. The Morgan fingerprint density at radius 2 is 1.25 bits per heavy atom. The molecule has 0 aromatic carbocycles. The Morgan fingerprint density at radius 1 is 0.821 bits per heavy atom. The lowest BCUT2D eigenvalue weighted by atomic mass is 10.1. The average molecular weight is 423 g/mol. The molecule has 6 nitrogen and oxygen atoms in total. The lowest BCUT2D eigenvalue weighted by Gasteiger charge is -2.27. The molecule has 8 heteroatoms. The molecule has 2 aliphatic rings. The van der Waals surface area contributed by atoms with Crippen LogP contribution in [0.2, 0.25) is 10.3 Å². The number of hydrogen-bond donors (Lipinski definition) is 2. The lowest BCUT2D eigenvalue weighted by molar-refractivity contribution is 0.216. The van der Waals surface area contributed by atoms with Gasteiger partial charge >= 0.3 is 0 Å². The number of halogens is 2. The summed E-state index contributed by atoms with van der Waals surface area (Å²) < 4.78 is 11.6. The van der Waals surface area contributed by atoms with Crippen LogP contribution in [-0.2, 0) is 12.8 Å². The fraction of sp³-hybridized carbons (Fsp3) is 0.500. The summed E-state index contributed by atoms with van der Waals surface area (Å²) in [7, 11) is 0. The Balaban J connectivity index is 1.36. The van der Waals surface area contributed by atoms with Gasteiger partial charge in [0.1, 0.15) is 35.0 Å². The standard InChI is InChI=1S/C20H24Cl2N4O2/c21-19-13(7-17(9-25-19)27-11-15-3-5-23-15)1-2-14-8-18(10-26-20(14)22)28-12-16-4-6-24-16/h7-10,15-16,23-24H,1-6,11-12H2/t15-,16?/m0/s1. The van der Waals surface area contributed by atoms with E-state index in [9.17, 15) is 0 Å². The molecule has 0 aliphatic carbocycles. The van der Waals surface area contributed by atoms with Gasteiger partial charge in [-0.25, -0.2) is 9.97 Å². The maximum Gasteiger partial charge on any atom is 0.138 e. The molecule has 0 amide bonds. The van der Waals surface area contributed by atoms with Crippen molar-refractivity contribution < 1.29 is 9.47 Å². The highest BCUT2D eigenvalue weighted by Gasteiger charge is 2.18. The summed E-state index contributed by atoms with van der Waals surface area (Å²) in [5.74, 6) is 1.48. The zero-order valence-corrected chi connectivity index (χ0v) is 17.1. The van der Waals surface area contributed by atoms with Crippen LogP contribution >= 0.6 is 23.2 Å². The number of rotatable bonds is 9. The molecule has 0 bridgehead atoms. The fourth-order valence-electron chi connectivity index (χ4n) is 3.10. The highest BCUT2D eigenvalue weighted by molar-refractivity contribution is 6.30. The first-order chi connectivity index (χ1) is 13.7. The molecule has 2 aromatic rings. The molecule has 150 valence electrons. The molecule has 4 heterocycles. The molecule has 2 atom stereocenters. The topological polar surface area (TPSA) is 68.3 Å². The molecule has 4 rings (SSSR count). The van der Waals surface area contributed by atoms with E-state index in [1.165, 1.54) is 0 Å². The smallest absolute Gasteiger partial charge is 0.138 e. The molecule has 0 radical (unpaired) electrons. The number of nitrogens with one attached hydrogen (secondary N) is 2. The predicted molar refractivity (Wildman–Crippen MR) is 110 cm³/mol. The number of aryl methyl sites for hydroxylation is 2. The first-order valence-corrected chi connectivity index (χ1v) is 10.4. The van der Waals surface area contributed by atoms with Crippen LogP contribution < -0.4 is 20.1 Å². The summed E-state index contributed by atoms with van der Waals surface area (Å²) in [5.41, 5.74) is 1.86. The maximum absolute atomic E-state index is 6.28. The monoisotopic (exact) mass is 422 g/mol. The highest BCUT2D eigenvalue weighted by atomic mass is 35.5. The van der Waals surface area contributed by atoms with Gasteiger partial charge in [0.15, 0.2) is 0 Å². The summed E-state index contributed by atoms with van der Waals surface area (Å²) >= 11 is 12.6. The van der Waals surface area contributed by atoms with Crippen molar-refractivity contribution >= 4 is 23.2 Å². The van der Waals surface area contributed by atoms with Crippen LogP contribution in [-0.4, -0.2) is 48.4 Å². The van der Waals surface area contributed by atoms with Gasteiger partial charge in [-0.05, 0) is 62.0 Å². The van der Waals surface area contributed by atoms with Crippen molar-refractivity contribution in [1.82, 2.24) is 20.6 Å². The van der Waals surface area contributed by atoms with Gasteiger partial charge in [-0.15, -0.1) is 0 Å². The second-order valence-corrected chi connectivity index (χ2v) is 7.96. The SMILES string of the molecule is Clc1ncc(OCC2CCN2)cc1CCc1cc(OC[C@@H]2CCN2)cnc1Cl. The van der Waals surface area contributed by atoms with Crippen molar-refractivity contribution in [3.05, 3.63) is 46.0 Å². The van der Waals surface area contributed by atoms with E-state index in [2.05, 4.69) is 20.6 Å². The normalized spacial score (nSPS) is 20.9. The molecule has 1 unspecified atom stereocenters. The first kappa shape index (κ1) is 19.7. The van der Waals surface area contributed by atoms with Crippen molar-refractivity contribution in [2.45, 2.75) is 37.8 Å². The first-order valence-electron chi connectivity index (χ1n) is 9.68. The molecule has 2 fully saturated rings. The van der Waals surface area contributed by atoms with Crippen molar-refractivity contribution in [2.24, 2.45) is 0 Å². The van der Waals surface area contributed by atoms with Crippen LogP contribution in [0, 0.1) is 0 Å². The van der Waals surface area contributed by atoms with E-state index in [1.54, 1.807) is 12.4 Å². The fourth-order valence-corrected chi connectivity index (χ4v) is 3.49. The number of aromatic nitrogens is 2. The second-order valence-electron chi connectivity index (χ2n) is 7.24. The molecule has 0 spiro atoms. The van der Waals surface area contributed by atoms with Crippen LogP contribution in [0.4, 0.5) is 0 Å². The number of hydrogen-bond acceptors (Lipinski definition) is 6. The molecule has 2 saturated heterocycles. The quantitative estimate of drug-likeness (QED) is 0.605. The number of nitrogens with zero attached hydrogens (tertiary/aromatic N) is 2. The predicted octanol–water partition coefficient (Wildman–Crippen LogP) is 3.05. The zero-order valence-electron chi connectivity index (χ0n) is 15.6. The van der Waals surface area contributed by atoms with Gasteiger partial charge in [0, 0.05) is 12.1 Å². The molecular weight excluding hydrogens is 399 g/mol. The average Bonchev–Trinajstić information content (AvgIpc) is 2.61. The maximum atomic E-state index is 6.28. The third-order valence-corrected chi connectivity index (χ3v) is 5.87. The molecule has 2 aromatic heterocycles. The lowest BCUT2D eigenvalue weighted by Crippen LogP contribution is -2.46. The minimum atomic E-state index is 0.432. The van der Waals surface area contributed by atoms with Gasteiger partial charge in [0.2, 0.25) is 0 Å². The van der Waals surface area contributed by atoms with Crippen LogP contribution in [0.25, 0.3) is 0 Å². The van der Waals surface area contributed by atoms with E-state index in [0.717, 1.165) is 48.6 Å². The van der Waals surface area contributed by atoms with Gasteiger partial charge in [-0.3, -0.25) is 0 Å². The third kappa shape index (κ3) is 5.06. The van der Waals surface area contributed by atoms with Gasteiger partial charge in [0.05, 0.1) is 12.4 Å². The second kappa shape index (κ2) is 9.27. The van der Waals surface area contributed by atoms with E-state index in [4.69, 9.17) is 32.7 Å². The third-order valence-electron chi connectivity index (χ3n) is 5.19. The summed E-state index contributed by atoms with van der Waals surface area (Å²) in [4.78, 5) is 8.52. The largest absolute Gasteiger partial charge is 0.490 e. The van der Waals surface area contributed by atoms with Crippen LogP contribution in [0.3, 0.4) is 0 Å². The Labute approximate surface area is 174 Å². The Kier molecular flexibility index (Phi) is 6.52. The van der Waals surface area contributed by atoms with Crippen molar-refractivity contribution in [1.29, 1.82) is 0 Å². The van der Waals surface area contributed by atoms with Crippen molar-refractivity contribution in [3.63, 3.8) is 0 Å². The summed E-state index contributed by atoms with van der Waals surface area (Å²) in [6.07, 6.45) is 7.02. The van der Waals surface area contributed by atoms with Crippen LogP contribution in [0.1, 0.15) is 24.0 Å². The van der Waals surface area contributed by atoms with Crippen molar-refractivity contribution in [2.75, 3.05) is 26.3 Å². The minimum Gasteiger partial charge on any atom is -0.490 e. The van der Waals surface area contributed by atoms with E-state index in [0.29, 0.717) is 48.4 Å². The Morgan fingerprint density at radius 3 is 1.61 bits per heavy atom. The van der Waals surface area contributed by atoms with E-state index in [1.807, 2.05) is 12.1 Å². The molecule has 2 N–H and O–H groups in total. The zero-order chi connectivity index (χ0) is 19.3. The summed E-state index contributed by atoms with van der Waals surface area (Å²) in [6, 6.07) is 4.78. The summed E-state index contributed by atoms with van der Waals surface area (Å²) in [6.45, 7) is 3.42. The minimum absolute atomic E-state index is 0.432. The van der Waals surface area contributed by atoms with E-state index >= 15 is 0 Å². The van der Waals surface area contributed by atoms with Gasteiger partial charge in [-0.1, -0.05) is 23.2 Å². The molecular formula is C20H24Cl2N4O2.